The maximum Gasteiger partial charge on any atom is 0.105 e. The number of hydrogen-bond acceptors (Lipinski definition) is 3. The number of nitrogens with zero attached hydrogens (tertiary/aromatic N) is 3. The summed E-state index contributed by atoms with van der Waals surface area (Å²) in [5, 5.41) is 16.7. The van der Waals surface area contributed by atoms with Crippen molar-refractivity contribution in [2.45, 2.75) is 44.3 Å². The molecule has 1 unspecified atom stereocenters. The molecule has 0 radical (unpaired) electrons. The second-order valence-electron chi connectivity index (χ2n) is 4.38. The van der Waals surface area contributed by atoms with Gasteiger partial charge in [-0.3, -0.25) is 10.00 Å². The molecule has 15 heavy (non-hydrogen) atoms. The number of nitrogens with one attached hydrogen (secondary N) is 1. The molecule has 0 spiro atoms. The number of nitriles is 1. The summed E-state index contributed by atoms with van der Waals surface area (Å²) in [6, 6.07) is 4.82. The molecular weight excluding hydrogens is 188 g/mol. The predicted octanol–water partition coefficient (Wildman–Crippen LogP) is 1.31. The van der Waals surface area contributed by atoms with Crippen LogP contribution in [-0.4, -0.2) is 21.4 Å². The third-order valence-corrected chi connectivity index (χ3v) is 2.75. The highest BCUT2D eigenvalue weighted by atomic mass is 15.3. The molecule has 1 aliphatic rings. The fourth-order valence-corrected chi connectivity index (χ4v) is 1.61. The number of hydrogen-bond donors (Lipinski definition) is 1. The molecule has 1 aromatic heterocycles. The topological polar surface area (TPSA) is 53.6 Å². The molecular formula is C11H16N4. The Morgan fingerprint density at radius 3 is 3.00 bits per heavy atom. The van der Waals surface area contributed by atoms with Crippen LogP contribution < -0.4 is 5.32 Å². The predicted molar refractivity (Wildman–Crippen MR) is 57.0 cm³/mol. The third-order valence-electron chi connectivity index (χ3n) is 2.75. The van der Waals surface area contributed by atoms with E-state index in [4.69, 9.17) is 5.26 Å². The SMILES string of the molecule is CC(C#N)(CCn1cccn1)NC1CC1. The second-order valence-corrected chi connectivity index (χ2v) is 4.38. The molecule has 4 heteroatoms. The first kappa shape index (κ1) is 10.2. The zero-order valence-electron chi connectivity index (χ0n) is 8.98. The Balaban J connectivity index is 1.87. The normalized spacial score (nSPS) is 19.5. The van der Waals surface area contributed by atoms with Gasteiger partial charge < -0.3 is 0 Å². The average molecular weight is 204 g/mol. The van der Waals surface area contributed by atoms with Gasteiger partial charge in [-0.05, 0) is 32.3 Å². The summed E-state index contributed by atoms with van der Waals surface area (Å²) < 4.78 is 1.87. The van der Waals surface area contributed by atoms with E-state index >= 15 is 0 Å². The first-order chi connectivity index (χ1) is 7.22. The lowest BCUT2D eigenvalue weighted by atomic mass is 10.00. The molecule has 0 amide bonds. The quantitative estimate of drug-likeness (QED) is 0.786. The minimum atomic E-state index is -0.410. The van der Waals surface area contributed by atoms with Crippen LogP contribution in [-0.2, 0) is 6.54 Å². The van der Waals surface area contributed by atoms with E-state index in [2.05, 4.69) is 16.5 Å². The van der Waals surface area contributed by atoms with Gasteiger partial charge >= 0.3 is 0 Å². The lowest BCUT2D eigenvalue weighted by Crippen LogP contribution is -2.43. The highest BCUT2D eigenvalue weighted by molar-refractivity contribution is 5.06. The lowest BCUT2D eigenvalue weighted by Gasteiger charge is -2.23. The van der Waals surface area contributed by atoms with E-state index < -0.39 is 5.54 Å². The molecule has 1 aromatic rings. The Kier molecular flexibility index (Phi) is 2.74. The van der Waals surface area contributed by atoms with E-state index in [9.17, 15) is 0 Å². The monoisotopic (exact) mass is 204 g/mol. The van der Waals surface area contributed by atoms with Gasteiger partial charge in [-0.25, -0.2) is 0 Å². The van der Waals surface area contributed by atoms with Crippen LogP contribution in [0, 0.1) is 11.3 Å². The van der Waals surface area contributed by atoms with Crippen molar-refractivity contribution in [3.63, 3.8) is 0 Å². The van der Waals surface area contributed by atoms with Crippen molar-refractivity contribution in [1.82, 2.24) is 15.1 Å². The van der Waals surface area contributed by atoms with E-state index in [0.29, 0.717) is 6.04 Å². The zero-order valence-corrected chi connectivity index (χ0v) is 8.98. The number of rotatable bonds is 5. The van der Waals surface area contributed by atoms with Crippen LogP contribution in [0.5, 0.6) is 0 Å². The van der Waals surface area contributed by atoms with E-state index in [-0.39, 0.29) is 0 Å². The summed E-state index contributed by atoms with van der Waals surface area (Å²) in [5.74, 6) is 0. The van der Waals surface area contributed by atoms with E-state index in [1.54, 1.807) is 6.20 Å². The van der Waals surface area contributed by atoms with Crippen LogP contribution in [0.1, 0.15) is 26.2 Å². The molecule has 1 N–H and O–H groups in total. The average Bonchev–Trinajstić information content (AvgIpc) is 2.88. The molecule has 0 aromatic carbocycles. The zero-order chi connectivity index (χ0) is 10.7. The molecule has 0 aliphatic heterocycles. The van der Waals surface area contributed by atoms with Crippen molar-refractivity contribution < 1.29 is 0 Å². The maximum absolute atomic E-state index is 9.15. The summed E-state index contributed by atoms with van der Waals surface area (Å²) in [6.45, 7) is 2.76. The fourth-order valence-electron chi connectivity index (χ4n) is 1.61. The summed E-state index contributed by atoms with van der Waals surface area (Å²) in [6.07, 6.45) is 6.90. The van der Waals surface area contributed by atoms with Crippen LogP contribution in [0.2, 0.25) is 0 Å². The maximum atomic E-state index is 9.15. The molecule has 0 saturated heterocycles. The van der Waals surface area contributed by atoms with Crippen molar-refractivity contribution in [3.8, 4) is 6.07 Å². The van der Waals surface area contributed by atoms with Crippen LogP contribution >= 0.6 is 0 Å². The van der Waals surface area contributed by atoms with Gasteiger partial charge in [-0.2, -0.15) is 10.4 Å². The molecule has 1 atom stereocenters. The molecule has 80 valence electrons. The van der Waals surface area contributed by atoms with Gasteiger partial charge in [0.1, 0.15) is 5.54 Å². The van der Waals surface area contributed by atoms with Crippen LogP contribution in [0.15, 0.2) is 18.5 Å². The van der Waals surface area contributed by atoms with Crippen LogP contribution in [0.3, 0.4) is 0 Å². The first-order valence-electron chi connectivity index (χ1n) is 5.38. The summed E-state index contributed by atoms with van der Waals surface area (Å²) in [5.41, 5.74) is -0.410. The number of aryl methyl sites for hydroxylation is 1. The van der Waals surface area contributed by atoms with Crippen LogP contribution in [0.25, 0.3) is 0 Å². The first-order valence-corrected chi connectivity index (χ1v) is 5.38. The van der Waals surface area contributed by atoms with Crippen LogP contribution in [0.4, 0.5) is 0 Å². The Labute approximate surface area is 89.9 Å². The minimum Gasteiger partial charge on any atom is -0.297 e. The van der Waals surface area contributed by atoms with Crippen molar-refractivity contribution in [2.24, 2.45) is 0 Å². The Hall–Kier alpha value is -1.34. The largest absolute Gasteiger partial charge is 0.297 e. The smallest absolute Gasteiger partial charge is 0.105 e. The lowest BCUT2D eigenvalue weighted by molar-refractivity contribution is 0.379. The van der Waals surface area contributed by atoms with Crippen molar-refractivity contribution >= 4 is 0 Å². The van der Waals surface area contributed by atoms with E-state index in [1.165, 1.54) is 12.8 Å². The fraction of sp³-hybridized carbons (Fsp3) is 0.636. The summed E-state index contributed by atoms with van der Waals surface area (Å²) in [7, 11) is 0. The van der Waals surface area contributed by atoms with Gasteiger partial charge in [0.05, 0.1) is 6.07 Å². The Morgan fingerprint density at radius 1 is 1.67 bits per heavy atom. The minimum absolute atomic E-state index is 0.410. The van der Waals surface area contributed by atoms with E-state index in [0.717, 1.165) is 13.0 Å². The summed E-state index contributed by atoms with van der Waals surface area (Å²) >= 11 is 0. The van der Waals surface area contributed by atoms with Gasteiger partial charge in [0.25, 0.3) is 0 Å². The van der Waals surface area contributed by atoms with E-state index in [1.807, 2.05) is 23.9 Å². The highest BCUT2D eigenvalue weighted by Gasteiger charge is 2.32. The molecule has 1 fully saturated rings. The van der Waals surface area contributed by atoms with Crippen molar-refractivity contribution in [2.75, 3.05) is 0 Å². The molecule has 2 rings (SSSR count). The van der Waals surface area contributed by atoms with Gasteiger partial charge in [0, 0.05) is 25.0 Å². The van der Waals surface area contributed by atoms with Crippen molar-refractivity contribution in [1.29, 1.82) is 5.26 Å². The molecule has 0 bridgehead atoms. The second kappa shape index (κ2) is 4.03. The Bertz CT molecular complexity index is 347. The standard InChI is InChI=1S/C11H16N4/c1-11(9-12,14-10-3-4-10)5-8-15-7-2-6-13-15/h2,6-7,10,14H,3-5,8H2,1H3. The third kappa shape index (κ3) is 2.80. The molecule has 1 aliphatic carbocycles. The number of aromatic nitrogens is 2. The van der Waals surface area contributed by atoms with Crippen molar-refractivity contribution in [3.05, 3.63) is 18.5 Å². The van der Waals surface area contributed by atoms with Gasteiger partial charge in [0.15, 0.2) is 0 Å². The molecule has 1 saturated carbocycles. The van der Waals surface area contributed by atoms with Gasteiger partial charge in [0.2, 0.25) is 0 Å². The Morgan fingerprint density at radius 2 is 2.47 bits per heavy atom. The van der Waals surface area contributed by atoms with Gasteiger partial charge in [-0.15, -0.1) is 0 Å². The highest BCUT2D eigenvalue weighted by Crippen LogP contribution is 2.23. The summed E-state index contributed by atoms with van der Waals surface area (Å²) in [4.78, 5) is 0. The van der Waals surface area contributed by atoms with Gasteiger partial charge in [-0.1, -0.05) is 0 Å². The molecule has 1 heterocycles. The molecule has 4 nitrogen and oxygen atoms in total.